The molecule has 1 atom stereocenters. The first-order valence-electron chi connectivity index (χ1n) is 6.98. The van der Waals surface area contributed by atoms with Crippen LogP contribution in [0.15, 0.2) is 18.2 Å². The number of nitrogens with two attached hydrogens (primary N) is 1. The van der Waals surface area contributed by atoms with E-state index >= 15 is 0 Å². The predicted molar refractivity (Wildman–Crippen MR) is 80.3 cm³/mol. The van der Waals surface area contributed by atoms with Crippen LogP contribution in [0.2, 0.25) is 0 Å². The Balaban J connectivity index is 2.08. The van der Waals surface area contributed by atoms with Crippen LogP contribution in [-0.4, -0.2) is 42.4 Å². The van der Waals surface area contributed by atoms with Crippen LogP contribution in [0.4, 0.5) is 11.4 Å². The Labute approximate surface area is 123 Å². The van der Waals surface area contributed by atoms with E-state index in [1.54, 1.807) is 6.07 Å². The van der Waals surface area contributed by atoms with Gasteiger partial charge in [-0.3, -0.25) is 14.9 Å². The van der Waals surface area contributed by atoms with Crippen LogP contribution < -0.4 is 11.1 Å². The van der Waals surface area contributed by atoms with E-state index in [9.17, 15) is 14.9 Å². The van der Waals surface area contributed by atoms with Crippen molar-refractivity contribution >= 4 is 17.3 Å². The van der Waals surface area contributed by atoms with Gasteiger partial charge in [0.15, 0.2) is 0 Å². The van der Waals surface area contributed by atoms with Gasteiger partial charge in [-0.15, -0.1) is 0 Å². The molecule has 1 saturated heterocycles. The van der Waals surface area contributed by atoms with Crippen molar-refractivity contribution in [2.75, 3.05) is 32.0 Å². The molecule has 7 heteroatoms. The van der Waals surface area contributed by atoms with Crippen molar-refractivity contribution in [2.24, 2.45) is 11.7 Å². The molecule has 7 nitrogen and oxygen atoms in total. The molecule has 2 rings (SSSR count). The third kappa shape index (κ3) is 3.91. The number of anilines is 1. The molecule has 0 bridgehead atoms. The Bertz CT molecular complexity index is 547. The van der Waals surface area contributed by atoms with E-state index in [4.69, 9.17) is 5.73 Å². The Morgan fingerprint density at radius 1 is 1.57 bits per heavy atom. The van der Waals surface area contributed by atoms with E-state index in [0.29, 0.717) is 11.6 Å². The summed E-state index contributed by atoms with van der Waals surface area (Å²) in [4.78, 5) is 24.0. The molecule has 3 N–H and O–H groups in total. The number of hydrogen-bond acceptors (Lipinski definition) is 5. The van der Waals surface area contributed by atoms with E-state index in [2.05, 4.69) is 17.3 Å². The molecule has 1 aliphatic rings. The maximum absolute atomic E-state index is 11.5. The number of carbonyl (C=O) groups is 1. The summed E-state index contributed by atoms with van der Waals surface area (Å²) in [6.45, 7) is 2.84. The number of piperidine rings is 1. The number of nitrogens with zero attached hydrogens (tertiary/aromatic N) is 2. The van der Waals surface area contributed by atoms with Crippen LogP contribution in [-0.2, 0) is 0 Å². The molecule has 1 aliphatic heterocycles. The summed E-state index contributed by atoms with van der Waals surface area (Å²) >= 11 is 0. The number of nitro benzene ring substituents is 1. The van der Waals surface area contributed by atoms with E-state index < -0.39 is 10.8 Å². The van der Waals surface area contributed by atoms with Crippen molar-refractivity contribution in [3.05, 3.63) is 33.9 Å². The van der Waals surface area contributed by atoms with E-state index in [-0.39, 0.29) is 11.3 Å². The molecule has 114 valence electrons. The van der Waals surface area contributed by atoms with Gasteiger partial charge in [-0.2, -0.15) is 0 Å². The van der Waals surface area contributed by atoms with Crippen molar-refractivity contribution in [1.29, 1.82) is 0 Å². The molecule has 0 spiro atoms. The minimum absolute atomic E-state index is 0.133. The third-order valence-electron chi connectivity index (χ3n) is 3.78. The summed E-state index contributed by atoms with van der Waals surface area (Å²) in [5.74, 6) is -0.165. The number of hydrogen-bond donors (Lipinski definition) is 2. The monoisotopic (exact) mass is 292 g/mol. The van der Waals surface area contributed by atoms with Gasteiger partial charge in [0.05, 0.1) is 10.5 Å². The highest BCUT2D eigenvalue weighted by Crippen LogP contribution is 2.23. The van der Waals surface area contributed by atoms with Crippen molar-refractivity contribution in [3.8, 4) is 0 Å². The van der Waals surface area contributed by atoms with Crippen LogP contribution in [0.5, 0.6) is 0 Å². The first-order chi connectivity index (χ1) is 9.97. The fraction of sp³-hybridized carbons (Fsp3) is 0.500. The Morgan fingerprint density at radius 3 is 2.95 bits per heavy atom. The van der Waals surface area contributed by atoms with E-state index in [1.165, 1.54) is 12.1 Å². The molecular weight excluding hydrogens is 272 g/mol. The van der Waals surface area contributed by atoms with Gasteiger partial charge in [-0.25, -0.2) is 0 Å². The quantitative estimate of drug-likeness (QED) is 0.631. The second-order valence-electron chi connectivity index (χ2n) is 5.50. The van der Waals surface area contributed by atoms with Crippen LogP contribution >= 0.6 is 0 Å². The zero-order valence-corrected chi connectivity index (χ0v) is 12.0. The van der Waals surface area contributed by atoms with Gasteiger partial charge in [0.2, 0.25) is 0 Å². The van der Waals surface area contributed by atoms with Crippen molar-refractivity contribution in [2.45, 2.75) is 12.8 Å². The molecule has 0 aromatic heterocycles. The van der Waals surface area contributed by atoms with Crippen LogP contribution in [0.3, 0.4) is 0 Å². The predicted octanol–water partition coefficient (Wildman–Crippen LogP) is 1.45. The molecule has 0 saturated carbocycles. The standard InChI is InChI=1S/C14H20N4O3/c1-17-6-2-3-10(9-17)8-16-13-5-4-11(18(20)21)7-12(13)14(15)19/h4-5,7,10,16H,2-3,6,8-9H2,1H3,(H2,15,19). The molecule has 21 heavy (non-hydrogen) atoms. The molecule has 1 aromatic carbocycles. The van der Waals surface area contributed by atoms with Gasteiger partial charge in [-0.1, -0.05) is 0 Å². The van der Waals surface area contributed by atoms with Gasteiger partial charge < -0.3 is 16.0 Å². The minimum Gasteiger partial charge on any atom is -0.384 e. The number of nitro groups is 1. The minimum atomic E-state index is -0.665. The number of rotatable bonds is 5. The average Bonchev–Trinajstić information content (AvgIpc) is 2.44. The molecule has 1 heterocycles. The highest BCUT2D eigenvalue weighted by molar-refractivity contribution is 5.99. The SMILES string of the molecule is CN1CCCC(CNc2ccc([N+](=O)[O-])cc2C(N)=O)C1. The molecule has 0 aliphatic carbocycles. The fourth-order valence-electron chi connectivity index (χ4n) is 2.70. The van der Waals surface area contributed by atoms with Crippen molar-refractivity contribution in [3.63, 3.8) is 0 Å². The summed E-state index contributed by atoms with van der Waals surface area (Å²) in [6.07, 6.45) is 2.29. The lowest BCUT2D eigenvalue weighted by atomic mass is 9.98. The van der Waals surface area contributed by atoms with E-state index in [0.717, 1.165) is 32.5 Å². The number of primary amides is 1. The number of carbonyl (C=O) groups excluding carboxylic acids is 1. The van der Waals surface area contributed by atoms with Crippen molar-refractivity contribution < 1.29 is 9.72 Å². The normalized spacial score (nSPS) is 19.2. The highest BCUT2D eigenvalue weighted by atomic mass is 16.6. The Morgan fingerprint density at radius 2 is 2.33 bits per heavy atom. The van der Waals surface area contributed by atoms with Crippen LogP contribution in [0.1, 0.15) is 23.2 Å². The third-order valence-corrected chi connectivity index (χ3v) is 3.78. The number of non-ortho nitro benzene ring substituents is 1. The topological polar surface area (TPSA) is 102 Å². The summed E-state index contributed by atoms with van der Waals surface area (Å²) in [6, 6.07) is 4.14. The lowest BCUT2D eigenvalue weighted by molar-refractivity contribution is -0.384. The van der Waals surface area contributed by atoms with Gasteiger partial charge in [0.25, 0.3) is 11.6 Å². The smallest absolute Gasteiger partial charge is 0.270 e. The summed E-state index contributed by atoms with van der Waals surface area (Å²) in [7, 11) is 2.09. The summed E-state index contributed by atoms with van der Waals surface area (Å²) in [5, 5.41) is 14.0. The number of nitrogens with one attached hydrogen (secondary N) is 1. The second-order valence-corrected chi connectivity index (χ2v) is 5.50. The molecule has 1 fully saturated rings. The van der Waals surface area contributed by atoms with Crippen LogP contribution in [0.25, 0.3) is 0 Å². The van der Waals surface area contributed by atoms with Gasteiger partial charge in [0, 0.05) is 30.9 Å². The molecule has 0 radical (unpaired) electrons. The first kappa shape index (κ1) is 15.2. The Hall–Kier alpha value is -2.15. The Kier molecular flexibility index (Phi) is 4.74. The molecule has 1 aromatic rings. The van der Waals surface area contributed by atoms with Gasteiger partial charge in [-0.05, 0) is 38.4 Å². The maximum Gasteiger partial charge on any atom is 0.270 e. The van der Waals surface area contributed by atoms with Crippen molar-refractivity contribution in [1.82, 2.24) is 4.90 Å². The lowest BCUT2D eigenvalue weighted by Gasteiger charge is -2.30. The fourth-order valence-corrected chi connectivity index (χ4v) is 2.70. The zero-order valence-electron chi connectivity index (χ0n) is 12.0. The number of amides is 1. The highest BCUT2D eigenvalue weighted by Gasteiger charge is 2.19. The number of likely N-dealkylation sites (tertiary alicyclic amines) is 1. The van der Waals surface area contributed by atoms with E-state index in [1.807, 2.05) is 0 Å². The summed E-state index contributed by atoms with van der Waals surface area (Å²) in [5.41, 5.74) is 5.89. The maximum atomic E-state index is 11.5. The lowest BCUT2D eigenvalue weighted by Crippen LogP contribution is -2.35. The first-order valence-corrected chi connectivity index (χ1v) is 6.98. The molecular formula is C14H20N4O3. The number of benzene rings is 1. The second kappa shape index (κ2) is 6.53. The average molecular weight is 292 g/mol. The van der Waals surface area contributed by atoms with Gasteiger partial charge in [0.1, 0.15) is 0 Å². The zero-order chi connectivity index (χ0) is 15.4. The molecule has 1 unspecified atom stereocenters. The van der Waals surface area contributed by atoms with Gasteiger partial charge >= 0.3 is 0 Å². The van der Waals surface area contributed by atoms with Crippen LogP contribution in [0, 0.1) is 16.0 Å². The molecule has 1 amide bonds. The largest absolute Gasteiger partial charge is 0.384 e. The summed E-state index contributed by atoms with van der Waals surface area (Å²) < 4.78 is 0.